The molecular weight excluding hydrogens is 386 g/mol. The molecule has 1 N–H and O–H groups in total. The average Bonchev–Trinajstić information content (AvgIpc) is 3.17. The molecule has 30 heavy (non-hydrogen) atoms. The maximum atomic E-state index is 12.1. The highest BCUT2D eigenvalue weighted by atomic mass is 16.6. The monoisotopic (exact) mass is 411 g/mol. The third-order valence-electron chi connectivity index (χ3n) is 4.56. The van der Waals surface area contributed by atoms with E-state index in [1.165, 1.54) is 0 Å². The number of nitrogens with one attached hydrogen (secondary N) is 1. The molecule has 0 radical (unpaired) electrons. The van der Waals surface area contributed by atoms with Crippen molar-refractivity contribution < 1.29 is 18.6 Å². The molecular formula is C21H25N5O4. The molecule has 158 valence electrons. The number of carbonyl (C=O) groups is 1. The van der Waals surface area contributed by atoms with Crippen LogP contribution in [-0.4, -0.2) is 32.0 Å². The summed E-state index contributed by atoms with van der Waals surface area (Å²) in [5.74, 6) is 2.40. The highest BCUT2D eigenvalue weighted by Crippen LogP contribution is 2.39. The van der Waals surface area contributed by atoms with Crippen LogP contribution in [0, 0.1) is 0 Å². The van der Waals surface area contributed by atoms with Gasteiger partial charge in [-0.15, -0.1) is 0 Å². The van der Waals surface area contributed by atoms with Gasteiger partial charge in [-0.3, -0.25) is 0 Å². The summed E-state index contributed by atoms with van der Waals surface area (Å²) in [6.07, 6.45) is 1.70. The summed E-state index contributed by atoms with van der Waals surface area (Å²) < 4.78 is 16.1. The summed E-state index contributed by atoms with van der Waals surface area (Å²) >= 11 is 0. The second kappa shape index (κ2) is 7.23. The van der Waals surface area contributed by atoms with Crippen LogP contribution < -0.4 is 5.32 Å². The minimum absolute atomic E-state index is 0.346. The first-order chi connectivity index (χ1) is 14.1. The first-order valence-corrected chi connectivity index (χ1v) is 9.90. The van der Waals surface area contributed by atoms with Gasteiger partial charge in [-0.25, -0.2) is 4.79 Å². The molecule has 0 bridgehead atoms. The van der Waals surface area contributed by atoms with Crippen LogP contribution in [0.25, 0.3) is 22.9 Å². The van der Waals surface area contributed by atoms with Gasteiger partial charge in [0.15, 0.2) is 11.6 Å². The summed E-state index contributed by atoms with van der Waals surface area (Å²) in [6.45, 7) is 8.97. The van der Waals surface area contributed by atoms with Gasteiger partial charge < -0.3 is 19.1 Å². The van der Waals surface area contributed by atoms with Gasteiger partial charge in [0.1, 0.15) is 11.1 Å². The van der Waals surface area contributed by atoms with Crippen LogP contribution in [0.3, 0.4) is 0 Å². The van der Waals surface area contributed by atoms with Crippen LogP contribution >= 0.6 is 0 Å². The average molecular weight is 411 g/mol. The van der Waals surface area contributed by atoms with E-state index >= 15 is 0 Å². The van der Waals surface area contributed by atoms with Gasteiger partial charge in [-0.05, 0) is 71.7 Å². The fourth-order valence-corrected chi connectivity index (χ4v) is 2.82. The molecule has 2 heterocycles. The summed E-state index contributed by atoms with van der Waals surface area (Å²) in [4.78, 5) is 21.0. The Morgan fingerprint density at radius 2 is 1.53 bits per heavy atom. The zero-order valence-corrected chi connectivity index (χ0v) is 17.7. The lowest BCUT2D eigenvalue weighted by Gasteiger charge is -2.26. The molecule has 1 aromatic carbocycles. The molecule has 0 unspecified atom stereocenters. The van der Waals surface area contributed by atoms with Gasteiger partial charge in [0.2, 0.25) is 0 Å². The Morgan fingerprint density at radius 1 is 0.967 bits per heavy atom. The molecule has 3 aromatic rings. The van der Waals surface area contributed by atoms with Gasteiger partial charge in [0, 0.05) is 17.0 Å². The van der Waals surface area contributed by atoms with Crippen molar-refractivity contribution in [2.24, 2.45) is 0 Å². The van der Waals surface area contributed by atoms with Crippen molar-refractivity contribution in [1.29, 1.82) is 0 Å². The van der Waals surface area contributed by atoms with Crippen LogP contribution in [0.4, 0.5) is 4.79 Å². The van der Waals surface area contributed by atoms with Crippen molar-refractivity contribution in [3.63, 3.8) is 0 Å². The Labute approximate surface area is 174 Å². The number of hydrogen-bond acceptors (Lipinski definition) is 8. The van der Waals surface area contributed by atoms with E-state index in [0.717, 1.165) is 29.8 Å². The third kappa shape index (κ3) is 4.50. The van der Waals surface area contributed by atoms with Gasteiger partial charge in [-0.1, -0.05) is 10.3 Å². The number of rotatable bonds is 5. The first kappa shape index (κ1) is 20.1. The molecule has 4 rings (SSSR count). The topological polar surface area (TPSA) is 116 Å². The Balaban J connectivity index is 1.46. The van der Waals surface area contributed by atoms with Gasteiger partial charge >= 0.3 is 6.09 Å². The largest absolute Gasteiger partial charge is 0.444 e. The number of benzene rings is 1. The lowest BCUT2D eigenvalue weighted by molar-refractivity contribution is 0.0465. The van der Waals surface area contributed by atoms with E-state index < -0.39 is 17.2 Å². The number of amides is 1. The van der Waals surface area contributed by atoms with E-state index in [1.54, 1.807) is 34.6 Å². The van der Waals surface area contributed by atoms with E-state index in [9.17, 15) is 4.79 Å². The Kier molecular flexibility index (Phi) is 4.83. The van der Waals surface area contributed by atoms with E-state index in [0.29, 0.717) is 23.5 Å². The SMILES string of the molecule is CC(C)(C)OC(=O)NC(C)(C)c1noc(-c2ccc(-c3nc(C4CC4)no3)cc2)n1. The van der Waals surface area contributed by atoms with Gasteiger partial charge in [-0.2, -0.15) is 9.97 Å². The van der Waals surface area contributed by atoms with E-state index in [4.69, 9.17) is 13.8 Å². The van der Waals surface area contributed by atoms with Crippen LogP contribution in [0.15, 0.2) is 33.3 Å². The molecule has 1 fully saturated rings. The maximum Gasteiger partial charge on any atom is 0.408 e. The summed E-state index contributed by atoms with van der Waals surface area (Å²) in [5.41, 5.74) is 0.104. The van der Waals surface area contributed by atoms with Gasteiger partial charge in [0.25, 0.3) is 11.8 Å². The molecule has 1 aliphatic carbocycles. The summed E-state index contributed by atoms with van der Waals surface area (Å²) in [6, 6.07) is 7.44. The second-order valence-corrected chi connectivity index (χ2v) is 8.98. The fourth-order valence-electron chi connectivity index (χ4n) is 2.82. The van der Waals surface area contributed by atoms with Crippen LogP contribution in [0.1, 0.15) is 65.0 Å². The quantitative estimate of drug-likeness (QED) is 0.656. The zero-order valence-electron chi connectivity index (χ0n) is 17.7. The van der Waals surface area contributed by atoms with Crippen molar-refractivity contribution in [2.75, 3.05) is 0 Å². The van der Waals surface area contributed by atoms with Crippen molar-refractivity contribution in [2.45, 2.75) is 64.5 Å². The number of ether oxygens (including phenoxy) is 1. The van der Waals surface area contributed by atoms with Crippen LogP contribution in [0.5, 0.6) is 0 Å². The minimum Gasteiger partial charge on any atom is -0.444 e. The molecule has 0 aliphatic heterocycles. The second-order valence-electron chi connectivity index (χ2n) is 8.98. The van der Waals surface area contributed by atoms with Crippen molar-refractivity contribution in [3.8, 4) is 22.9 Å². The zero-order chi connectivity index (χ0) is 21.5. The molecule has 9 heteroatoms. The molecule has 9 nitrogen and oxygen atoms in total. The molecule has 0 saturated heterocycles. The Hall–Kier alpha value is -3.23. The van der Waals surface area contributed by atoms with E-state index in [-0.39, 0.29) is 0 Å². The van der Waals surface area contributed by atoms with Crippen LogP contribution in [0.2, 0.25) is 0 Å². The number of alkyl carbamates (subject to hydrolysis) is 1. The normalized spacial score (nSPS) is 14.6. The Bertz CT molecular complexity index is 1040. The summed E-state index contributed by atoms with van der Waals surface area (Å²) in [5, 5.41) is 10.8. The first-order valence-electron chi connectivity index (χ1n) is 9.90. The third-order valence-corrected chi connectivity index (χ3v) is 4.56. The minimum atomic E-state index is -0.868. The van der Waals surface area contributed by atoms with E-state index in [2.05, 4.69) is 25.6 Å². The summed E-state index contributed by atoms with van der Waals surface area (Å²) in [7, 11) is 0. The molecule has 0 spiro atoms. The lowest BCUT2D eigenvalue weighted by Crippen LogP contribution is -2.44. The molecule has 1 saturated carbocycles. The highest BCUT2D eigenvalue weighted by Gasteiger charge is 2.31. The van der Waals surface area contributed by atoms with Crippen molar-refractivity contribution in [3.05, 3.63) is 35.9 Å². The predicted octanol–water partition coefficient (Wildman–Crippen LogP) is 4.42. The predicted molar refractivity (Wildman–Crippen MR) is 107 cm³/mol. The Morgan fingerprint density at radius 3 is 2.10 bits per heavy atom. The standard InChI is InChI=1S/C21H25N5O4/c1-20(2,3)28-19(27)24-21(4,5)18-23-17(30-26-18)14-10-8-13(9-11-14)16-22-15(25-29-16)12-6-7-12/h8-12H,6-7H2,1-5H3,(H,24,27). The van der Waals surface area contributed by atoms with Crippen molar-refractivity contribution in [1.82, 2.24) is 25.6 Å². The maximum absolute atomic E-state index is 12.1. The molecule has 0 atom stereocenters. The highest BCUT2D eigenvalue weighted by molar-refractivity contribution is 5.69. The lowest BCUT2D eigenvalue weighted by atomic mass is 10.1. The number of carbonyl (C=O) groups excluding carboxylic acids is 1. The molecule has 1 aliphatic rings. The number of nitrogens with zero attached hydrogens (tertiary/aromatic N) is 4. The molecule has 2 aromatic heterocycles. The molecule has 1 amide bonds. The fraction of sp³-hybridized carbons (Fsp3) is 0.476. The van der Waals surface area contributed by atoms with E-state index in [1.807, 2.05) is 24.3 Å². The van der Waals surface area contributed by atoms with Gasteiger partial charge in [0.05, 0.1) is 0 Å². The number of aromatic nitrogens is 4. The van der Waals surface area contributed by atoms with Crippen molar-refractivity contribution >= 4 is 6.09 Å². The smallest absolute Gasteiger partial charge is 0.408 e. The number of hydrogen-bond donors (Lipinski definition) is 1. The van der Waals surface area contributed by atoms with Crippen LogP contribution in [-0.2, 0) is 10.3 Å².